The van der Waals surface area contributed by atoms with Gasteiger partial charge in [-0.3, -0.25) is 14.4 Å². The molecule has 3 N–H and O–H groups in total. The average molecular weight is 596 g/mol. The molecule has 3 heterocycles. The van der Waals surface area contributed by atoms with Crippen molar-refractivity contribution in [1.29, 1.82) is 0 Å². The molecule has 2 amide bonds. The highest BCUT2D eigenvalue weighted by atomic mass is 35.5. The number of nitrogens with two attached hydrogens (primary N) is 1. The van der Waals surface area contributed by atoms with E-state index in [2.05, 4.69) is 19.2 Å². The topological polar surface area (TPSA) is 113 Å². The SMILES string of the molecule is CC(C)[C@@H]1Cc2ccc(Cl)cc2-c2cc(=O)n([C@@H](C[C@@H]3CCCCO3)C(=O)Nc3ccc(C(N)=O)c(F)c3)cc2CO1. The number of carbonyl (C=O) groups excluding carboxylic acids is 2. The van der Waals surface area contributed by atoms with Crippen LogP contribution >= 0.6 is 11.6 Å². The highest BCUT2D eigenvalue weighted by Crippen LogP contribution is 2.35. The van der Waals surface area contributed by atoms with Gasteiger partial charge in [0.15, 0.2) is 0 Å². The van der Waals surface area contributed by atoms with Gasteiger partial charge in [0.25, 0.3) is 11.5 Å². The first-order valence-corrected chi connectivity index (χ1v) is 14.7. The van der Waals surface area contributed by atoms with Crippen LogP contribution < -0.4 is 16.6 Å². The minimum Gasteiger partial charge on any atom is -0.378 e. The molecular formula is C32H35ClFN3O5. The van der Waals surface area contributed by atoms with Gasteiger partial charge in [0, 0.05) is 41.6 Å². The Balaban J connectivity index is 1.55. The molecule has 2 aliphatic rings. The second-order valence-electron chi connectivity index (χ2n) is 11.3. The van der Waals surface area contributed by atoms with E-state index in [1.54, 1.807) is 6.20 Å². The summed E-state index contributed by atoms with van der Waals surface area (Å²) in [6, 6.07) is 9.92. The van der Waals surface area contributed by atoms with Gasteiger partial charge < -0.3 is 25.1 Å². The third-order valence-electron chi connectivity index (χ3n) is 8.04. The van der Waals surface area contributed by atoms with Gasteiger partial charge in [0.2, 0.25) is 5.91 Å². The molecule has 222 valence electrons. The van der Waals surface area contributed by atoms with Crippen LogP contribution in [0.25, 0.3) is 11.1 Å². The third-order valence-corrected chi connectivity index (χ3v) is 8.28. The van der Waals surface area contributed by atoms with Crippen molar-refractivity contribution in [3.63, 3.8) is 0 Å². The number of hydrogen-bond acceptors (Lipinski definition) is 5. The second kappa shape index (κ2) is 12.8. The Hall–Kier alpha value is -3.53. The van der Waals surface area contributed by atoms with Gasteiger partial charge in [-0.15, -0.1) is 0 Å². The molecule has 1 saturated heterocycles. The summed E-state index contributed by atoms with van der Waals surface area (Å²) >= 11 is 6.39. The van der Waals surface area contributed by atoms with E-state index in [0.29, 0.717) is 23.6 Å². The number of amides is 2. The van der Waals surface area contributed by atoms with E-state index in [1.165, 1.54) is 22.8 Å². The van der Waals surface area contributed by atoms with E-state index in [1.807, 2.05) is 18.2 Å². The molecule has 0 saturated carbocycles. The van der Waals surface area contributed by atoms with Gasteiger partial charge in [-0.2, -0.15) is 0 Å². The minimum atomic E-state index is -0.949. The summed E-state index contributed by atoms with van der Waals surface area (Å²) in [6.07, 6.45) is 5.01. The van der Waals surface area contributed by atoms with Gasteiger partial charge in [-0.05, 0) is 78.6 Å². The normalized spacial score (nSPS) is 19.3. The van der Waals surface area contributed by atoms with Crippen molar-refractivity contribution in [2.45, 2.75) is 70.8 Å². The lowest BCUT2D eigenvalue weighted by Crippen LogP contribution is -2.37. The monoisotopic (exact) mass is 595 g/mol. The molecule has 3 aromatic rings. The van der Waals surface area contributed by atoms with Crippen molar-refractivity contribution in [3.8, 4) is 11.1 Å². The van der Waals surface area contributed by atoms with Crippen molar-refractivity contribution in [2.75, 3.05) is 11.9 Å². The number of benzene rings is 2. The summed E-state index contributed by atoms with van der Waals surface area (Å²) in [5.41, 5.74) is 8.08. The van der Waals surface area contributed by atoms with Crippen molar-refractivity contribution in [1.82, 2.24) is 4.57 Å². The quantitative estimate of drug-likeness (QED) is 0.367. The number of hydrogen-bond donors (Lipinski definition) is 2. The highest BCUT2D eigenvalue weighted by molar-refractivity contribution is 6.30. The third kappa shape index (κ3) is 6.59. The van der Waals surface area contributed by atoms with Crippen LogP contribution in [0.2, 0.25) is 5.02 Å². The molecule has 5 rings (SSSR count). The van der Waals surface area contributed by atoms with E-state index >= 15 is 0 Å². The fraction of sp³-hybridized carbons (Fsp3) is 0.406. The number of nitrogens with one attached hydrogen (secondary N) is 1. The Labute approximate surface area is 249 Å². The van der Waals surface area contributed by atoms with Crippen LogP contribution in [-0.4, -0.2) is 35.2 Å². The molecule has 1 fully saturated rings. The van der Waals surface area contributed by atoms with Gasteiger partial charge in [-0.25, -0.2) is 4.39 Å². The summed E-state index contributed by atoms with van der Waals surface area (Å²) in [5.74, 6) is -2.01. The number of primary amides is 1. The maximum Gasteiger partial charge on any atom is 0.251 e. The zero-order valence-electron chi connectivity index (χ0n) is 23.7. The van der Waals surface area contributed by atoms with E-state index < -0.39 is 23.7 Å². The van der Waals surface area contributed by atoms with Crippen molar-refractivity contribution in [2.24, 2.45) is 11.7 Å². The van der Waals surface area contributed by atoms with Gasteiger partial charge in [-0.1, -0.05) is 31.5 Å². The van der Waals surface area contributed by atoms with Crippen LogP contribution in [0.1, 0.15) is 67.1 Å². The number of anilines is 1. The van der Waals surface area contributed by atoms with Crippen LogP contribution in [0.3, 0.4) is 0 Å². The van der Waals surface area contributed by atoms with Crippen molar-refractivity contribution >= 4 is 29.1 Å². The smallest absolute Gasteiger partial charge is 0.251 e. The first-order chi connectivity index (χ1) is 20.1. The molecule has 2 aromatic carbocycles. The fourth-order valence-electron chi connectivity index (χ4n) is 5.69. The first-order valence-electron chi connectivity index (χ1n) is 14.3. The fourth-order valence-corrected chi connectivity index (χ4v) is 5.86. The van der Waals surface area contributed by atoms with Crippen LogP contribution in [0.4, 0.5) is 10.1 Å². The predicted molar refractivity (Wildman–Crippen MR) is 159 cm³/mol. The molecule has 10 heteroatoms. The number of nitrogens with zero attached hydrogens (tertiary/aromatic N) is 1. The van der Waals surface area contributed by atoms with Crippen molar-refractivity contribution in [3.05, 3.63) is 86.5 Å². The number of rotatable bonds is 7. The molecule has 0 bridgehead atoms. The zero-order chi connectivity index (χ0) is 30.0. The van der Waals surface area contributed by atoms with E-state index in [0.717, 1.165) is 42.0 Å². The Kier molecular flexibility index (Phi) is 9.11. The molecule has 0 unspecified atom stereocenters. The van der Waals surface area contributed by atoms with Crippen LogP contribution in [-0.2, 0) is 27.3 Å². The summed E-state index contributed by atoms with van der Waals surface area (Å²) < 4.78 is 28.1. The van der Waals surface area contributed by atoms with Gasteiger partial charge in [0.05, 0.1) is 24.4 Å². The Morgan fingerprint density at radius 3 is 2.57 bits per heavy atom. The number of ether oxygens (including phenoxy) is 2. The Bertz CT molecular complexity index is 1550. The van der Waals surface area contributed by atoms with Crippen LogP contribution in [0.15, 0.2) is 53.5 Å². The minimum absolute atomic E-state index is 0.0496. The lowest BCUT2D eigenvalue weighted by atomic mass is 9.89. The largest absolute Gasteiger partial charge is 0.378 e. The molecule has 0 spiro atoms. The predicted octanol–water partition coefficient (Wildman–Crippen LogP) is 5.64. The summed E-state index contributed by atoms with van der Waals surface area (Å²) in [5, 5.41) is 3.28. The molecule has 0 aliphatic carbocycles. The molecular weight excluding hydrogens is 561 g/mol. The number of halogens is 2. The lowest BCUT2D eigenvalue weighted by molar-refractivity contribution is -0.121. The highest BCUT2D eigenvalue weighted by Gasteiger charge is 2.30. The van der Waals surface area contributed by atoms with Gasteiger partial charge >= 0.3 is 0 Å². The number of carbonyl (C=O) groups is 2. The lowest BCUT2D eigenvalue weighted by Gasteiger charge is -2.30. The maximum atomic E-state index is 14.5. The molecule has 8 nitrogen and oxygen atoms in total. The molecule has 42 heavy (non-hydrogen) atoms. The number of pyridine rings is 1. The van der Waals surface area contributed by atoms with E-state index in [9.17, 15) is 18.8 Å². The molecule has 3 atom stereocenters. The van der Waals surface area contributed by atoms with E-state index in [-0.39, 0.29) is 48.0 Å². The standard InChI is InChI=1S/C32H35ClFN3O5/c1-18(2)29-11-19-6-7-21(33)12-25(19)26-15-30(38)37(16-20(26)17-42-29)28(14-23-5-3-4-10-41-23)32(40)36-22-8-9-24(31(35)39)27(34)13-22/h6-9,12-13,15-16,18,23,28-29H,3-5,10-11,14,17H2,1-2H3,(H2,35,39)(H,36,40)/t23-,28-,29-/m0/s1. The molecule has 1 aromatic heterocycles. The van der Waals surface area contributed by atoms with Crippen LogP contribution in [0, 0.1) is 11.7 Å². The number of fused-ring (bicyclic) bond motifs is 3. The molecule has 0 radical (unpaired) electrons. The van der Waals surface area contributed by atoms with Crippen LogP contribution in [0.5, 0.6) is 0 Å². The zero-order valence-corrected chi connectivity index (χ0v) is 24.5. The Morgan fingerprint density at radius 2 is 1.88 bits per heavy atom. The summed E-state index contributed by atoms with van der Waals surface area (Å²) in [6.45, 7) is 5.04. The number of aromatic nitrogens is 1. The molecule has 2 aliphatic heterocycles. The maximum absolute atomic E-state index is 14.5. The second-order valence-corrected chi connectivity index (χ2v) is 11.8. The Morgan fingerprint density at radius 1 is 1.10 bits per heavy atom. The van der Waals surface area contributed by atoms with Crippen molar-refractivity contribution < 1.29 is 23.5 Å². The summed E-state index contributed by atoms with van der Waals surface area (Å²) in [4.78, 5) is 38.9. The van der Waals surface area contributed by atoms with E-state index in [4.69, 9.17) is 26.8 Å². The summed E-state index contributed by atoms with van der Waals surface area (Å²) in [7, 11) is 0. The first kappa shape index (κ1) is 29.9. The van der Waals surface area contributed by atoms with Gasteiger partial charge in [0.1, 0.15) is 11.9 Å². The average Bonchev–Trinajstić information content (AvgIpc) is 2.94.